The number of fused-ring (bicyclic) bond motifs is 1. The van der Waals surface area contributed by atoms with E-state index in [-0.39, 0.29) is 53.2 Å². The molecule has 9 unspecified atom stereocenters. The maximum Gasteiger partial charge on any atom is 0.303 e. The number of rotatable bonds is 8. The van der Waals surface area contributed by atoms with Gasteiger partial charge >= 0.3 is 11.9 Å². The molecule has 0 aromatic rings. The van der Waals surface area contributed by atoms with Crippen LogP contribution < -0.4 is 0 Å². The first-order valence-corrected chi connectivity index (χ1v) is 17.1. The third-order valence-electron chi connectivity index (χ3n) is 10.5. The maximum absolute atomic E-state index is 12.1. The van der Waals surface area contributed by atoms with Crippen LogP contribution in [0.3, 0.4) is 0 Å². The lowest BCUT2D eigenvalue weighted by atomic mass is 9.76. The van der Waals surface area contributed by atoms with E-state index in [1.165, 1.54) is 13.8 Å². The summed E-state index contributed by atoms with van der Waals surface area (Å²) < 4.78 is 38.1. The van der Waals surface area contributed by atoms with Gasteiger partial charge in [0.2, 0.25) is 0 Å². The van der Waals surface area contributed by atoms with Crippen molar-refractivity contribution in [3.8, 4) is 0 Å². The lowest BCUT2D eigenvalue weighted by Crippen LogP contribution is -2.62. The summed E-state index contributed by atoms with van der Waals surface area (Å²) in [5.41, 5.74) is -1.24. The predicted molar refractivity (Wildman–Crippen MR) is 168 cm³/mol. The second-order valence-corrected chi connectivity index (χ2v) is 16.2. The zero-order chi connectivity index (χ0) is 32.0. The molecule has 8 nitrogen and oxygen atoms in total. The van der Waals surface area contributed by atoms with Crippen LogP contribution in [0.1, 0.15) is 127 Å². The van der Waals surface area contributed by atoms with Crippen LogP contribution in [0.5, 0.6) is 0 Å². The minimum Gasteiger partial charge on any atom is -0.459 e. The van der Waals surface area contributed by atoms with Crippen molar-refractivity contribution in [3.63, 3.8) is 0 Å². The summed E-state index contributed by atoms with van der Waals surface area (Å²) in [4.78, 5) is 24.1. The Bertz CT molecular complexity index is 1070. The molecule has 0 saturated carbocycles. The topological polar surface area (TPSA) is 89.5 Å². The summed E-state index contributed by atoms with van der Waals surface area (Å²) in [7, 11) is 0. The zero-order valence-corrected chi connectivity index (χ0v) is 29.6. The molecular weight excluding hydrogens is 616 g/mol. The molecule has 246 valence electrons. The summed E-state index contributed by atoms with van der Waals surface area (Å²) in [6, 6.07) is 0. The van der Waals surface area contributed by atoms with Crippen LogP contribution in [-0.2, 0) is 38.0 Å². The third kappa shape index (κ3) is 7.70. The van der Waals surface area contributed by atoms with E-state index in [0.717, 1.165) is 44.1 Å². The Hall–Kier alpha value is -1.00. The number of carbonyl (C=O) groups excluding carboxylic acids is 2. The highest BCUT2D eigenvalue weighted by Gasteiger charge is 2.54. The number of esters is 2. The van der Waals surface area contributed by atoms with Crippen molar-refractivity contribution >= 4 is 27.9 Å². The summed E-state index contributed by atoms with van der Waals surface area (Å²) in [5, 5.41) is 0. The number of hydrogen-bond donors (Lipinski definition) is 0. The summed E-state index contributed by atoms with van der Waals surface area (Å²) in [6.07, 6.45) is 9.01. The van der Waals surface area contributed by atoms with Gasteiger partial charge in [-0.25, -0.2) is 0 Å². The summed E-state index contributed by atoms with van der Waals surface area (Å²) in [6.45, 7) is 19.4. The van der Waals surface area contributed by atoms with Crippen molar-refractivity contribution in [2.75, 3.05) is 0 Å². The number of alkyl halides is 1. The van der Waals surface area contributed by atoms with Crippen molar-refractivity contribution in [2.45, 2.75) is 190 Å². The Morgan fingerprint density at radius 1 is 0.884 bits per heavy atom. The normalized spacial score (nSPS) is 40.8. The number of carbonyl (C=O) groups is 2. The fourth-order valence-electron chi connectivity index (χ4n) is 7.73. The molecule has 0 N–H and O–H groups in total. The predicted octanol–water partition coefficient (Wildman–Crippen LogP) is 7.13. The molecule has 0 amide bonds. The average molecular weight is 672 g/mol. The molecular formula is C34H55BrO8. The van der Waals surface area contributed by atoms with Crippen LogP contribution in [0.2, 0.25) is 0 Å². The van der Waals surface area contributed by atoms with E-state index in [9.17, 15) is 9.59 Å². The Morgan fingerprint density at radius 3 is 2.16 bits per heavy atom. The molecule has 4 aliphatic rings. The van der Waals surface area contributed by atoms with E-state index in [1.807, 2.05) is 20.8 Å². The van der Waals surface area contributed by atoms with E-state index in [0.29, 0.717) is 24.1 Å². The van der Waals surface area contributed by atoms with Crippen LogP contribution in [0.4, 0.5) is 0 Å². The lowest BCUT2D eigenvalue weighted by Gasteiger charge is -2.55. The van der Waals surface area contributed by atoms with Crippen LogP contribution >= 0.6 is 15.9 Å². The molecule has 9 atom stereocenters. The Kier molecular flexibility index (Phi) is 10.3. The SMILES string of the molecule is CC(=O)OC(CC=C(C)C1CCC2OC(C3(C)CCC(Br)C(C)(C)O3)CCC2(C)O1)C1(C)CCC(C(C)(C)OC(C)=O)O1. The molecule has 0 bridgehead atoms. The average Bonchev–Trinajstić information content (AvgIpc) is 3.31. The monoisotopic (exact) mass is 670 g/mol. The number of halogens is 1. The minimum atomic E-state index is -0.772. The molecule has 0 radical (unpaired) electrons. The molecule has 4 aliphatic heterocycles. The Morgan fingerprint density at radius 2 is 1.53 bits per heavy atom. The van der Waals surface area contributed by atoms with E-state index < -0.39 is 17.3 Å². The van der Waals surface area contributed by atoms with E-state index >= 15 is 0 Å². The highest BCUT2D eigenvalue weighted by Crippen LogP contribution is 2.48. The standard InChI is InChI=1S/C34H55BrO8/c1-21(11-13-27(38-22(2)36)33(9)19-16-26(42-33)31(6,7)40-23(3)37)24-12-14-28-32(8,41-24)20-17-29(39-28)34(10)18-15-25(35)30(4,5)43-34/h11,24-29H,12-20H2,1-10H3. The van der Waals surface area contributed by atoms with Crippen molar-refractivity contribution in [1.82, 2.24) is 0 Å². The summed E-state index contributed by atoms with van der Waals surface area (Å²) in [5.74, 6) is -0.680. The van der Waals surface area contributed by atoms with Gasteiger partial charge in [-0.2, -0.15) is 0 Å². The number of hydrogen-bond acceptors (Lipinski definition) is 8. The molecule has 0 aromatic carbocycles. The quantitative estimate of drug-likeness (QED) is 0.153. The summed E-state index contributed by atoms with van der Waals surface area (Å²) >= 11 is 3.80. The fourth-order valence-corrected chi connectivity index (χ4v) is 8.05. The van der Waals surface area contributed by atoms with Gasteiger partial charge in [-0.1, -0.05) is 22.0 Å². The molecule has 9 heteroatoms. The molecule has 4 fully saturated rings. The van der Waals surface area contributed by atoms with Crippen LogP contribution in [0, 0.1) is 0 Å². The molecule has 4 rings (SSSR count). The van der Waals surface area contributed by atoms with Gasteiger partial charge in [0, 0.05) is 25.1 Å². The second kappa shape index (κ2) is 12.7. The van der Waals surface area contributed by atoms with Crippen molar-refractivity contribution in [1.29, 1.82) is 0 Å². The largest absolute Gasteiger partial charge is 0.459 e. The molecule has 0 aliphatic carbocycles. The molecule has 43 heavy (non-hydrogen) atoms. The van der Waals surface area contributed by atoms with E-state index in [2.05, 4.69) is 56.6 Å². The van der Waals surface area contributed by atoms with E-state index in [4.69, 9.17) is 28.4 Å². The van der Waals surface area contributed by atoms with Gasteiger partial charge in [0.15, 0.2) is 0 Å². The van der Waals surface area contributed by atoms with Crippen molar-refractivity contribution in [2.24, 2.45) is 0 Å². The van der Waals surface area contributed by atoms with Crippen LogP contribution in [0.15, 0.2) is 11.6 Å². The highest BCUT2D eigenvalue weighted by molar-refractivity contribution is 9.09. The van der Waals surface area contributed by atoms with Gasteiger partial charge in [-0.05, 0) is 112 Å². The first kappa shape index (κ1) is 34.9. The Balaban J connectivity index is 1.39. The van der Waals surface area contributed by atoms with Gasteiger partial charge in [0.1, 0.15) is 17.3 Å². The maximum atomic E-state index is 12.1. The molecule has 4 saturated heterocycles. The smallest absolute Gasteiger partial charge is 0.303 e. The van der Waals surface area contributed by atoms with Crippen molar-refractivity contribution in [3.05, 3.63) is 11.6 Å². The second-order valence-electron chi connectivity index (χ2n) is 15.1. The first-order chi connectivity index (χ1) is 19.8. The lowest BCUT2D eigenvalue weighted by molar-refractivity contribution is -0.284. The molecule has 0 spiro atoms. The Labute approximate surface area is 267 Å². The van der Waals surface area contributed by atoms with Crippen molar-refractivity contribution < 1.29 is 38.0 Å². The minimum absolute atomic E-state index is 0.0256. The van der Waals surface area contributed by atoms with E-state index in [1.54, 1.807) is 0 Å². The number of ether oxygens (including phenoxy) is 6. The first-order valence-electron chi connectivity index (χ1n) is 16.2. The zero-order valence-electron chi connectivity index (χ0n) is 28.0. The van der Waals surface area contributed by atoms with Gasteiger partial charge < -0.3 is 28.4 Å². The van der Waals surface area contributed by atoms with Gasteiger partial charge in [-0.15, -0.1) is 0 Å². The molecule has 0 aromatic heterocycles. The highest BCUT2D eigenvalue weighted by atomic mass is 79.9. The fraction of sp³-hybridized carbons (Fsp3) is 0.882. The molecule has 4 heterocycles. The van der Waals surface area contributed by atoms with Crippen LogP contribution in [-0.4, -0.2) is 75.3 Å². The van der Waals surface area contributed by atoms with Gasteiger partial charge in [0.05, 0.1) is 41.2 Å². The van der Waals surface area contributed by atoms with Crippen LogP contribution in [0.25, 0.3) is 0 Å². The van der Waals surface area contributed by atoms with Gasteiger partial charge in [0.25, 0.3) is 0 Å². The van der Waals surface area contributed by atoms with Gasteiger partial charge in [-0.3, -0.25) is 9.59 Å². The third-order valence-corrected chi connectivity index (χ3v) is 12.0.